The Hall–Kier alpha value is -0.700. The van der Waals surface area contributed by atoms with Gasteiger partial charge >= 0.3 is 0 Å². The molecule has 1 unspecified atom stereocenters. The number of hydrogen-bond donors (Lipinski definition) is 0. The van der Waals surface area contributed by atoms with Crippen LogP contribution in [-0.2, 0) is 0 Å². The van der Waals surface area contributed by atoms with E-state index in [0.717, 1.165) is 23.2 Å². The van der Waals surface area contributed by atoms with Gasteiger partial charge in [-0.1, -0.05) is 48.8 Å². The van der Waals surface area contributed by atoms with Crippen LogP contribution in [0.15, 0.2) is 24.3 Å². The van der Waals surface area contributed by atoms with E-state index in [-0.39, 0.29) is 5.41 Å². The third kappa shape index (κ3) is 3.91. The highest BCUT2D eigenvalue weighted by molar-refractivity contribution is 9.09. The molecule has 0 aliphatic rings. The summed E-state index contributed by atoms with van der Waals surface area (Å²) < 4.78 is 11.1. The summed E-state index contributed by atoms with van der Waals surface area (Å²) in [7, 11) is 1.67. The summed E-state index contributed by atoms with van der Waals surface area (Å²) in [5.74, 6) is 2.24. The number of methoxy groups -OCH3 is 1. The molecular formula is C15H23BrO2. The summed E-state index contributed by atoms with van der Waals surface area (Å²) in [5, 5.41) is 0.993. The molecular weight excluding hydrogens is 292 g/mol. The SMILES string of the molecule is COc1ccccc1OCCC(C)(CBr)C(C)C. The van der Waals surface area contributed by atoms with Crippen LogP contribution in [0.2, 0.25) is 0 Å². The van der Waals surface area contributed by atoms with Gasteiger partial charge in [0.25, 0.3) is 0 Å². The monoisotopic (exact) mass is 314 g/mol. The van der Waals surface area contributed by atoms with Gasteiger partial charge in [-0.05, 0) is 29.9 Å². The second-order valence-corrected chi connectivity index (χ2v) is 5.75. The van der Waals surface area contributed by atoms with Gasteiger partial charge in [0.15, 0.2) is 11.5 Å². The highest BCUT2D eigenvalue weighted by Gasteiger charge is 2.26. The van der Waals surface area contributed by atoms with E-state index in [1.54, 1.807) is 7.11 Å². The quantitative estimate of drug-likeness (QED) is 0.689. The molecule has 0 radical (unpaired) electrons. The summed E-state index contributed by atoms with van der Waals surface area (Å²) in [6, 6.07) is 7.77. The van der Waals surface area contributed by atoms with Crippen LogP contribution < -0.4 is 9.47 Å². The molecule has 102 valence electrons. The van der Waals surface area contributed by atoms with Crippen molar-refractivity contribution >= 4 is 15.9 Å². The topological polar surface area (TPSA) is 18.5 Å². The second kappa shape index (κ2) is 7.03. The van der Waals surface area contributed by atoms with E-state index in [4.69, 9.17) is 9.47 Å². The van der Waals surface area contributed by atoms with E-state index in [9.17, 15) is 0 Å². The van der Waals surface area contributed by atoms with Gasteiger partial charge in [0, 0.05) is 5.33 Å². The molecule has 1 rings (SSSR count). The molecule has 2 nitrogen and oxygen atoms in total. The summed E-state index contributed by atoms with van der Waals surface area (Å²) in [5.41, 5.74) is 0.266. The number of para-hydroxylation sites is 2. The van der Waals surface area contributed by atoms with Crippen LogP contribution in [0.25, 0.3) is 0 Å². The van der Waals surface area contributed by atoms with Crippen molar-refractivity contribution in [2.45, 2.75) is 27.2 Å². The maximum atomic E-state index is 5.83. The number of hydrogen-bond acceptors (Lipinski definition) is 2. The number of halogens is 1. The average molecular weight is 315 g/mol. The minimum absolute atomic E-state index is 0.266. The lowest BCUT2D eigenvalue weighted by Crippen LogP contribution is -2.27. The molecule has 0 saturated heterocycles. The molecule has 1 atom stereocenters. The standard InChI is InChI=1S/C15H23BrO2/c1-12(2)15(3,11-16)9-10-18-14-8-6-5-7-13(14)17-4/h5-8,12H,9-11H2,1-4H3. The zero-order valence-electron chi connectivity index (χ0n) is 11.7. The molecule has 0 heterocycles. The Morgan fingerprint density at radius 1 is 1.22 bits per heavy atom. The predicted molar refractivity (Wildman–Crippen MR) is 79.8 cm³/mol. The first-order valence-electron chi connectivity index (χ1n) is 6.35. The van der Waals surface area contributed by atoms with E-state index in [1.165, 1.54) is 0 Å². The Bertz CT molecular complexity index is 365. The normalized spacial score (nSPS) is 14.3. The van der Waals surface area contributed by atoms with E-state index >= 15 is 0 Å². The molecule has 0 aromatic heterocycles. The Morgan fingerprint density at radius 3 is 2.33 bits per heavy atom. The fraction of sp³-hybridized carbons (Fsp3) is 0.600. The van der Waals surface area contributed by atoms with Crippen LogP contribution in [0, 0.1) is 11.3 Å². The van der Waals surface area contributed by atoms with Crippen LogP contribution in [0.5, 0.6) is 11.5 Å². The van der Waals surface area contributed by atoms with Gasteiger partial charge < -0.3 is 9.47 Å². The summed E-state index contributed by atoms with van der Waals surface area (Å²) in [6.07, 6.45) is 1.02. The summed E-state index contributed by atoms with van der Waals surface area (Å²) >= 11 is 3.61. The summed E-state index contributed by atoms with van der Waals surface area (Å²) in [6.45, 7) is 7.51. The van der Waals surface area contributed by atoms with Crippen LogP contribution in [-0.4, -0.2) is 19.0 Å². The van der Waals surface area contributed by atoms with Gasteiger partial charge in [-0.15, -0.1) is 0 Å². The van der Waals surface area contributed by atoms with Gasteiger partial charge in [0.1, 0.15) is 0 Å². The molecule has 0 fully saturated rings. The van der Waals surface area contributed by atoms with Crippen molar-refractivity contribution in [1.82, 2.24) is 0 Å². The molecule has 1 aromatic rings. The number of rotatable bonds is 7. The first kappa shape index (κ1) is 15.4. The van der Waals surface area contributed by atoms with Gasteiger partial charge in [-0.25, -0.2) is 0 Å². The van der Waals surface area contributed by atoms with Crippen molar-refractivity contribution in [1.29, 1.82) is 0 Å². The zero-order valence-corrected chi connectivity index (χ0v) is 13.3. The second-order valence-electron chi connectivity index (χ2n) is 5.19. The zero-order chi connectivity index (χ0) is 13.6. The predicted octanol–water partition coefficient (Wildman–Crippen LogP) is 4.52. The number of ether oxygens (including phenoxy) is 2. The third-order valence-corrected chi connectivity index (χ3v) is 4.98. The van der Waals surface area contributed by atoms with Crippen LogP contribution >= 0.6 is 15.9 Å². The lowest BCUT2D eigenvalue weighted by Gasteiger charge is -2.31. The summed E-state index contributed by atoms with van der Waals surface area (Å²) in [4.78, 5) is 0. The van der Waals surface area contributed by atoms with E-state index < -0.39 is 0 Å². The molecule has 3 heteroatoms. The van der Waals surface area contributed by atoms with Crippen LogP contribution in [0.1, 0.15) is 27.2 Å². The van der Waals surface area contributed by atoms with Crippen molar-refractivity contribution in [3.05, 3.63) is 24.3 Å². The number of benzene rings is 1. The minimum atomic E-state index is 0.266. The van der Waals surface area contributed by atoms with E-state index in [2.05, 4.69) is 36.7 Å². The van der Waals surface area contributed by atoms with Crippen molar-refractivity contribution < 1.29 is 9.47 Å². The number of alkyl halides is 1. The third-order valence-electron chi connectivity index (χ3n) is 3.70. The average Bonchev–Trinajstić information content (AvgIpc) is 2.38. The maximum Gasteiger partial charge on any atom is 0.161 e. The molecule has 1 aromatic carbocycles. The molecule has 0 aliphatic carbocycles. The Labute approximate surface area is 119 Å². The lowest BCUT2D eigenvalue weighted by atomic mass is 9.78. The lowest BCUT2D eigenvalue weighted by molar-refractivity contribution is 0.178. The molecule has 0 N–H and O–H groups in total. The molecule has 18 heavy (non-hydrogen) atoms. The first-order valence-corrected chi connectivity index (χ1v) is 7.47. The van der Waals surface area contributed by atoms with Crippen LogP contribution in [0.4, 0.5) is 0 Å². The van der Waals surface area contributed by atoms with Crippen molar-refractivity contribution in [2.24, 2.45) is 11.3 Å². The fourth-order valence-electron chi connectivity index (χ4n) is 1.64. The van der Waals surface area contributed by atoms with Crippen molar-refractivity contribution in [3.63, 3.8) is 0 Å². The maximum absolute atomic E-state index is 5.83. The van der Waals surface area contributed by atoms with Crippen molar-refractivity contribution in [3.8, 4) is 11.5 Å². The molecule has 0 aliphatic heterocycles. The Morgan fingerprint density at radius 2 is 1.83 bits per heavy atom. The van der Waals surface area contributed by atoms with E-state index in [0.29, 0.717) is 12.5 Å². The van der Waals surface area contributed by atoms with Crippen LogP contribution in [0.3, 0.4) is 0 Å². The van der Waals surface area contributed by atoms with Gasteiger partial charge in [-0.3, -0.25) is 0 Å². The van der Waals surface area contributed by atoms with Gasteiger partial charge in [0.05, 0.1) is 13.7 Å². The highest BCUT2D eigenvalue weighted by Crippen LogP contribution is 2.34. The Kier molecular flexibility index (Phi) is 6.00. The largest absolute Gasteiger partial charge is 0.493 e. The smallest absolute Gasteiger partial charge is 0.161 e. The van der Waals surface area contributed by atoms with Gasteiger partial charge in [0.2, 0.25) is 0 Å². The molecule has 0 spiro atoms. The highest BCUT2D eigenvalue weighted by atomic mass is 79.9. The molecule has 0 saturated carbocycles. The molecule has 0 bridgehead atoms. The van der Waals surface area contributed by atoms with Gasteiger partial charge in [-0.2, -0.15) is 0 Å². The first-order chi connectivity index (χ1) is 8.53. The Balaban J connectivity index is 2.56. The fourth-order valence-corrected chi connectivity index (χ4v) is 2.57. The van der Waals surface area contributed by atoms with E-state index in [1.807, 2.05) is 24.3 Å². The van der Waals surface area contributed by atoms with Crippen molar-refractivity contribution in [2.75, 3.05) is 19.0 Å². The molecule has 0 amide bonds. The minimum Gasteiger partial charge on any atom is -0.493 e.